The molecule has 3 atom stereocenters. The van der Waals surface area contributed by atoms with Gasteiger partial charge in [-0.1, -0.05) is 28.1 Å². The van der Waals surface area contributed by atoms with Gasteiger partial charge in [0.25, 0.3) is 0 Å². The molecular weight excluding hydrogens is 344 g/mol. The molecule has 2 saturated heterocycles. The van der Waals surface area contributed by atoms with Crippen LogP contribution in [0.1, 0.15) is 31.4 Å². The van der Waals surface area contributed by atoms with E-state index in [0.29, 0.717) is 31.6 Å². The van der Waals surface area contributed by atoms with Crippen molar-refractivity contribution in [3.05, 3.63) is 34.3 Å². The predicted molar refractivity (Wildman–Crippen MR) is 89.6 cm³/mol. The second kappa shape index (κ2) is 7.11. The van der Waals surface area contributed by atoms with Crippen molar-refractivity contribution in [2.45, 2.75) is 31.9 Å². The molecule has 0 radical (unpaired) electrons. The molecule has 1 aromatic carbocycles. The molecule has 22 heavy (non-hydrogen) atoms. The Kier molecular flexibility index (Phi) is 5.16. The molecule has 0 saturated carbocycles. The van der Waals surface area contributed by atoms with Crippen LogP contribution in [-0.2, 0) is 9.53 Å². The number of nitrogens with one attached hydrogen (secondary N) is 1. The SMILES string of the molecule is C[C@H]1C[C@@H](C(=O)N2CCOC(c3ccc(Br)cc3)C2)CCN1. The van der Waals surface area contributed by atoms with Gasteiger partial charge in [-0.3, -0.25) is 4.79 Å². The van der Waals surface area contributed by atoms with E-state index in [1.807, 2.05) is 17.0 Å². The molecule has 5 heteroatoms. The monoisotopic (exact) mass is 366 g/mol. The van der Waals surface area contributed by atoms with E-state index in [2.05, 4.69) is 40.3 Å². The summed E-state index contributed by atoms with van der Waals surface area (Å²) in [6, 6.07) is 8.61. The summed E-state index contributed by atoms with van der Waals surface area (Å²) in [6.45, 7) is 5.09. The Bertz CT molecular complexity index is 520. The fourth-order valence-electron chi connectivity index (χ4n) is 3.34. The third-order valence-electron chi connectivity index (χ3n) is 4.59. The predicted octanol–water partition coefficient (Wildman–Crippen LogP) is 2.74. The molecule has 0 aromatic heterocycles. The molecule has 2 heterocycles. The molecule has 1 aromatic rings. The summed E-state index contributed by atoms with van der Waals surface area (Å²) in [6.07, 6.45) is 1.88. The Morgan fingerprint density at radius 3 is 2.86 bits per heavy atom. The first-order valence-electron chi connectivity index (χ1n) is 8.02. The van der Waals surface area contributed by atoms with E-state index in [9.17, 15) is 4.79 Å². The largest absolute Gasteiger partial charge is 0.370 e. The Hall–Kier alpha value is -0.910. The van der Waals surface area contributed by atoms with E-state index in [1.165, 1.54) is 0 Å². The number of ether oxygens (including phenoxy) is 1. The van der Waals surface area contributed by atoms with Gasteiger partial charge in [0.2, 0.25) is 5.91 Å². The lowest BCUT2D eigenvalue weighted by Crippen LogP contribution is -2.48. The lowest BCUT2D eigenvalue weighted by molar-refractivity contribution is -0.144. The summed E-state index contributed by atoms with van der Waals surface area (Å²) in [4.78, 5) is 14.8. The molecule has 0 aliphatic carbocycles. The number of hydrogen-bond donors (Lipinski definition) is 1. The molecule has 1 N–H and O–H groups in total. The maximum Gasteiger partial charge on any atom is 0.225 e. The van der Waals surface area contributed by atoms with Gasteiger partial charge < -0.3 is 15.0 Å². The van der Waals surface area contributed by atoms with Crippen LogP contribution in [0.5, 0.6) is 0 Å². The summed E-state index contributed by atoms with van der Waals surface area (Å²) in [5.41, 5.74) is 1.14. The van der Waals surface area contributed by atoms with Gasteiger partial charge in [0.15, 0.2) is 0 Å². The van der Waals surface area contributed by atoms with Crippen LogP contribution < -0.4 is 5.32 Å². The quantitative estimate of drug-likeness (QED) is 0.874. The fourth-order valence-corrected chi connectivity index (χ4v) is 3.61. The number of nitrogens with zero attached hydrogens (tertiary/aromatic N) is 1. The smallest absolute Gasteiger partial charge is 0.225 e. The van der Waals surface area contributed by atoms with Gasteiger partial charge in [-0.15, -0.1) is 0 Å². The second-order valence-electron chi connectivity index (χ2n) is 6.27. The van der Waals surface area contributed by atoms with Crippen molar-refractivity contribution in [2.75, 3.05) is 26.2 Å². The number of benzene rings is 1. The minimum Gasteiger partial charge on any atom is -0.370 e. The van der Waals surface area contributed by atoms with Gasteiger partial charge in [0, 0.05) is 23.0 Å². The molecule has 120 valence electrons. The van der Waals surface area contributed by atoms with E-state index in [4.69, 9.17) is 4.74 Å². The second-order valence-corrected chi connectivity index (χ2v) is 7.19. The number of morpholine rings is 1. The van der Waals surface area contributed by atoms with Crippen molar-refractivity contribution in [1.82, 2.24) is 10.2 Å². The van der Waals surface area contributed by atoms with Crippen LogP contribution in [0.3, 0.4) is 0 Å². The van der Waals surface area contributed by atoms with Crippen LogP contribution in [0, 0.1) is 5.92 Å². The molecular formula is C17H23BrN2O2. The van der Waals surface area contributed by atoms with Gasteiger partial charge in [0.05, 0.1) is 13.2 Å². The van der Waals surface area contributed by atoms with E-state index in [-0.39, 0.29) is 12.0 Å². The standard InChI is InChI=1S/C17H23BrN2O2/c1-12-10-14(6-7-19-12)17(21)20-8-9-22-16(11-20)13-2-4-15(18)5-3-13/h2-5,12,14,16,19H,6-11H2,1H3/t12-,14-,16?/m0/s1. The fraction of sp³-hybridized carbons (Fsp3) is 0.588. The zero-order chi connectivity index (χ0) is 15.5. The van der Waals surface area contributed by atoms with Gasteiger partial charge in [-0.05, 0) is 44.0 Å². The van der Waals surface area contributed by atoms with Gasteiger partial charge in [-0.25, -0.2) is 0 Å². The normalized spacial score (nSPS) is 29.4. The molecule has 4 nitrogen and oxygen atoms in total. The van der Waals surface area contributed by atoms with Crippen LogP contribution >= 0.6 is 15.9 Å². The summed E-state index contributed by atoms with van der Waals surface area (Å²) >= 11 is 3.45. The average Bonchev–Trinajstić information content (AvgIpc) is 2.55. The van der Waals surface area contributed by atoms with E-state index >= 15 is 0 Å². The molecule has 0 spiro atoms. The van der Waals surface area contributed by atoms with Crippen LogP contribution in [0.25, 0.3) is 0 Å². The molecule has 2 fully saturated rings. The lowest BCUT2D eigenvalue weighted by atomic mass is 9.91. The minimum atomic E-state index is -0.00932. The van der Waals surface area contributed by atoms with Gasteiger partial charge in [0.1, 0.15) is 6.10 Å². The zero-order valence-electron chi connectivity index (χ0n) is 12.9. The van der Waals surface area contributed by atoms with Crippen molar-refractivity contribution < 1.29 is 9.53 Å². The Balaban J connectivity index is 1.64. The van der Waals surface area contributed by atoms with Crippen LogP contribution in [-0.4, -0.2) is 43.1 Å². The minimum absolute atomic E-state index is 0.00932. The number of amides is 1. The number of carbonyl (C=O) groups excluding carboxylic acids is 1. The highest BCUT2D eigenvalue weighted by atomic mass is 79.9. The van der Waals surface area contributed by atoms with Gasteiger partial charge >= 0.3 is 0 Å². The van der Waals surface area contributed by atoms with E-state index < -0.39 is 0 Å². The summed E-state index contributed by atoms with van der Waals surface area (Å²) in [7, 11) is 0. The van der Waals surface area contributed by atoms with Crippen molar-refractivity contribution in [2.24, 2.45) is 5.92 Å². The molecule has 3 rings (SSSR count). The molecule has 2 aliphatic heterocycles. The summed E-state index contributed by atoms with van der Waals surface area (Å²) in [5, 5.41) is 3.41. The molecule has 0 bridgehead atoms. The zero-order valence-corrected chi connectivity index (χ0v) is 14.5. The summed E-state index contributed by atoms with van der Waals surface area (Å²) < 4.78 is 6.93. The highest BCUT2D eigenvalue weighted by Crippen LogP contribution is 2.26. The first-order valence-corrected chi connectivity index (χ1v) is 8.82. The molecule has 1 amide bonds. The molecule has 1 unspecified atom stereocenters. The van der Waals surface area contributed by atoms with E-state index in [1.54, 1.807) is 0 Å². The highest BCUT2D eigenvalue weighted by molar-refractivity contribution is 9.10. The van der Waals surface area contributed by atoms with E-state index in [0.717, 1.165) is 29.4 Å². The van der Waals surface area contributed by atoms with Crippen molar-refractivity contribution in [3.8, 4) is 0 Å². The average molecular weight is 367 g/mol. The Labute approximate surface area is 140 Å². The third-order valence-corrected chi connectivity index (χ3v) is 5.12. The van der Waals surface area contributed by atoms with Crippen LogP contribution in [0.15, 0.2) is 28.7 Å². The molecule has 2 aliphatic rings. The Morgan fingerprint density at radius 1 is 1.36 bits per heavy atom. The number of carbonyl (C=O) groups is 1. The van der Waals surface area contributed by atoms with Gasteiger partial charge in [-0.2, -0.15) is 0 Å². The third kappa shape index (κ3) is 3.70. The Morgan fingerprint density at radius 2 is 2.14 bits per heavy atom. The highest BCUT2D eigenvalue weighted by Gasteiger charge is 2.32. The maximum atomic E-state index is 12.8. The number of piperidine rings is 1. The lowest BCUT2D eigenvalue weighted by Gasteiger charge is -2.37. The van der Waals surface area contributed by atoms with Crippen LogP contribution in [0.2, 0.25) is 0 Å². The maximum absolute atomic E-state index is 12.8. The van der Waals surface area contributed by atoms with Crippen molar-refractivity contribution >= 4 is 21.8 Å². The number of halogens is 1. The van der Waals surface area contributed by atoms with Crippen molar-refractivity contribution in [3.63, 3.8) is 0 Å². The first kappa shape index (κ1) is 16.0. The first-order chi connectivity index (χ1) is 10.6. The number of hydrogen-bond acceptors (Lipinski definition) is 3. The summed E-state index contributed by atoms with van der Waals surface area (Å²) in [5.74, 6) is 0.471. The van der Waals surface area contributed by atoms with Crippen LogP contribution in [0.4, 0.5) is 0 Å². The topological polar surface area (TPSA) is 41.6 Å². The number of rotatable bonds is 2. The van der Waals surface area contributed by atoms with Crippen molar-refractivity contribution in [1.29, 1.82) is 0 Å².